The summed E-state index contributed by atoms with van der Waals surface area (Å²) < 4.78 is 14.7. The van der Waals surface area contributed by atoms with Crippen LogP contribution in [0, 0.1) is 5.82 Å². The number of nitrogens with zero attached hydrogens (tertiary/aromatic N) is 1. The van der Waals surface area contributed by atoms with E-state index in [2.05, 4.69) is 0 Å². The SMILES string of the molecule is O=C(CCc1ccccc1)C1=C(O)C(=O)N(c2ccccc2)C1c1ccccc1F. The highest BCUT2D eigenvalue weighted by Crippen LogP contribution is 2.42. The van der Waals surface area contributed by atoms with E-state index < -0.39 is 23.5 Å². The minimum absolute atomic E-state index is 0.0649. The molecule has 4 rings (SSSR count). The molecular formula is C25H20FNO3. The number of para-hydroxylation sites is 1. The van der Waals surface area contributed by atoms with Crippen LogP contribution in [0.2, 0.25) is 0 Å². The molecule has 3 aromatic carbocycles. The van der Waals surface area contributed by atoms with Gasteiger partial charge < -0.3 is 5.11 Å². The molecular weight excluding hydrogens is 381 g/mol. The third kappa shape index (κ3) is 3.62. The first-order valence-electron chi connectivity index (χ1n) is 9.71. The number of amides is 1. The maximum atomic E-state index is 14.7. The Kier molecular flexibility index (Phi) is 5.44. The summed E-state index contributed by atoms with van der Waals surface area (Å²) in [6.45, 7) is 0. The summed E-state index contributed by atoms with van der Waals surface area (Å²) in [5, 5.41) is 10.6. The smallest absolute Gasteiger partial charge is 0.294 e. The zero-order chi connectivity index (χ0) is 21.1. The van der Waals surface area contributed by atoms with E-state index in [1.165, 1.54) is 17.0 Å². The maximum Gasteiger partial charge on any atom is 0.294 e. The van der Waals surface area contributed by atoms with E-state index in [4.69, 9.17) is 0 Å². The van der Waals surface area contributed by atoms with Crippen molar-refractivity contribution in [2.75, 3.05) is 4.90 Å². The molecule has 1 aliphatic heterocycles. The van der Waals surface area contributed by atoms with Gasteiger partial charge in [-0.3, -0.25) is 14.5 Å². The fraction of sp³-hybridized carbons (Fsp3) is 0.120. The average Bonchev–Trinajstić information content (AvgIpc) is 3.04. The minimum Gasteiger partial charge on any atom is -0.503 e. The largest absolute Gasteiger partial charge is 0.503 e. The molecule has 0 fully saturated rings. The Balaban J connectivity index is 1.74. The van der Waals surface area contributed by atoms with Crippen molar-refractivity contribution in [2.45, 2.75) is 18.9 Å². The summed E-state index contributed by atoms with van der Waals surface area (Å²) in [5.41, 5.74) is 1.55. The van der Waals surface area contributed by atoms with Crippen LogP contribution in [0.15, 0.2) is 96.3 Å². The van der Waals surface area contributed by atoms with Crippen molar-refractivity contribution in [3.8, 4) is 0 Å². The van der Waals surface area contributed by atoms with Gasteiger partial charge in [0.1, 0.15) is 5.82 Å². The second kappa shape index (κ2) is 8.33. The standard InChI is InChI=1S/C25H20FNO3/c26-20-14-8-7-13-19(20)23-22(21(28)16-15-17-9-3-1-4-10-17)24(29)25(30)27(23)18-11-5-2-6-12-18/h1-14,23,29H,15-16H2. The molecule has 0 spiro atoms. The second-order valence-electron chi connectivity index (χ2n) is 7.11. The lowest BCUT2D eigenvalue weighted by Crippen LogP contribution is -2.31. The van der Waals surface area contributed by atoms with Crippen LogP contribution in [0.25, 0.3) is 0 Å². The van der Waals surface area contributed by atoms with Crippen LogP contribution in [0.5, 0.6) is 0 Å². The monoisotopic (exact) mass is 401 g/mol. The zero-order valence-electron chi connectivity index (χ0n) is 16.2. The van der Waals surface area contributed by atoms with Crippen molar-refractivity contribution in [3.63, 3.8) is 0 Å². The molecule has 1 unspecified atom stereocenters. The molecule has 1 atom stereocenters. The summed E-state index contributed by atoms with van der Waals surface area (Å²) in [6, 6.07) is 23.1. The van der Waals surface area contributed by atoms with Gasteiger partial charge >= 0.3 is 0 Å². The third-order valence-electron chi connectivity index (χ3n) is 5.23. The van der Waals surface area contributed by atoms with Crippen molar-refractivity contribution in [2.24, 2.45) is 0 Å². The fourth-order valence-electron chi connectivity index (χ4n) is 3.77. The van der Waals surface area contributed by atoms with Crippen LogP contribution in [-0.4, -0.2) is 16.8 Å². The van der Waals surface area contributed by atoms with Gasteiger partial charge in [-0.25, -0.2) is 4.39 Å². The number of halogens is 1. The summed E-state index contributed by atoms with van der Waals surface area (Å²) in [5.74, 6) is -2.25. The van der Waals surface area contributed by atoms with Crippen LogP contribution >= 0.6 is 0 Å². The number of aliphatic hydroxyl groups excluding tert-OH is 1. The van der Waals surface area contributed by atoms with Crippen molar-refractivity contribution >= 4 is 17.4 Å². The minimum atomic E-state index is -1.02. The van der Waals surface area contributed by atoms with Crippen molar-refractivity contribution in [1.82, 2.24) is 0 Å². The maximum absolute atomic E-state index is 14.7. The number of aliphatic hydroxyl groups is 1. The molecule has 0 aliphatic carbocycles. The van der Waals surface area contributed by atoms with E-state index in [1.807, 2.05) is 30.3 Å². The van der Waals surface area contributed by atoms with Crippen molar-refractivity contribution < 1.29 is 19.1 Å². The van der Waals surface area contributed by atoms with Crippen molar-refractivity contribution in [1.29, 1.82) is 0 Å². The molecule has 30 heavy (non-hydrogen) atoms. The highest BCUT2D eigenvalue weighted by molar-refractivity contribution is 6.16. The van der Waals surface area contributed by atoms with Gasteiger partial charge in [-0.05, 0) is 30.2 Å². The van der Waals surface area contributed by atoms with Gasteiger partial charge in [0, 0.05) is 17.7 Å². The van der Waals surface area contributed by atoms with Crippen LogP contribution < -0.4 is 4.90 Å². The first-order valence-corrected chi connectivity index (χ1v) is 9.71. The van der Waals surface area contributed by atoms with E-state index in [0.29, 0.717) is 12.1 Å². The lowest BCUT2D eigenvalue weighted by molar-refractivity contribution is -0.118. The predicted octanol–water partition coefficient (Wildman–Crippen LogP) is 4.93. The van der Waals surface area contributed by atoms with E-state index in [9.17, 15) is 19.1 Å². The number of Topliss-reactive ketones (excluding diaryl/α,β-unsaturated/α-hetero) is 1. The molecule has 3 aromatic rings. The van der Waals surface area contributed by atoms with E-state index in [0.717, 1.165) is 5.56 Å². The molecule has 5 heteroatoms. The summed E-state index contributed by atoms with van der Waals surface area (Å²) in [4.78, 5) is 27.3. The van der Waals surface area contributed by atoms with Gasteiger partial charge in [-0.1, -0.05) is 66.7 Å². The quantitative estimate of drug-likeness (QED) is 0.637. The Labute approximate surface area is 173 Å². The Hall–Kier alpha value is -3.73. The molecule has 1 aliphatic rings. The predicted molar refractivity (Wildman–Crippen MR) is 112 cm³/mol. The second-order valence-corrected chi connectivity index (χ2v) is 7.11. The lowest BCUT2D eigenvalue weighted by atomic mass is 9.92. The van der Waals surface area contributed by atoms with Crippen LogP contribution in [0.4, 0.5) is 10.1 Å². The molecule has 0 bridgehead atoms. The fourth-order valence-corrected chi connectivity index (χ4v) is 3.77. The van der Waals surface area contributed by atoms with Crippen molar-refractivity contribution in [3.05, 3.63) is 113 Å². The number of rotatable bonds is 6. The van der Waals surface area contributed by atoms with E-state index >= 15 is 0 Å². The highest BCUT2D eigenvalue weighted by atomic mass is 19.1. The topological polar surface area (TPSA) is 57.6 Å². The van der Waals surface area contributed by atoms with Gasteiger partial charge in [-0.2, -0.15) is 0 Å². The Morgan fingerprint density at radius 1 is 0.900 bits per heavy atom. The van der Waals surface area contributed by atoms with Crippen LogP contribution in [0.3, 0.4) is 0 Å². The normalized spacial score (nSPS) is 16.2. The van der Waals surface area contributed by atoms with Gasteiger partial charge in [0.05, 0.1) is 11.6 Å². The molecule has 0 aromatic heterocycles. The average molecular weight is 401 g/mol. The Bertz CT molecular complexity index is 1110. The Morgan fingerprint density at radius 3 is 2.17 bits per heavy atom. The van der Waals surface area contributed by atoms with Gasteiger partial charge in [-0.15, -0.1) is 0 Å². The number of carbonyl (C=O) groups is 2. The van der Waals surface area contributed by atoms with E-state index in [1.54, 1.807) is 42.5 Å². The molecule has 1 heterocycles. The van der Waals surface area contributed by atoms with Crippen LogP contribution in [0.1, 0.15) is 23.6 Å². The summed E-state index contributed by atoms with van der Waals surface area (Å²) in [6.07, 6.45) is 0.560. The van der Waals surface area contributed by atoms with Gasteiger partial charge in [0.15, 0.2) is 11.5 Å². The zero-order valence-corrected chi connectivity index (χ0v) is 16.2. The van der Waals surface area contributed by atoms with Gasteiger partial charge in [0.2, 0.25) is 0 Å². The number of aryl methyl sites for hydroxylation is 1. The molecule has 1 N–H and O–H groups in total. The number of hydrogen-bond acceptors (Lipinski definition) is 3. The summed E-state index contributed by atoms with van der Waals surface area (Å²) >= 11 is 0. The number of ketones is 1. The number of anilines is 1. The molecule has 150 valence electrons. The molecule has 0 radical (unpaired) electrons. The first-order chi connectivity index (χ1) is 14.6. The number of benzene rings is 3. The number of hydrogen-bond donors (Lipinski definition) is 1. The van der Waals surface area contributed by atoms with Crippen LogP contribution in [-0.2, 0) is 16.0 Å². The molecule has 1 amide bonds. The molecule has 4 nitrogen and oxygen atoms in total. The first kappa shape index (κ1) is 19.6. The Morgan fingerprint density at radius 2 is 1.50 bits per heavy atom. The summed E-state index contributed by atoms with van der Waals surface area (Å²) in [7, 11) is 0. The lowest BCUT2D eigenvalue weighted by Gasteiger charge is -2.27. The molecule has 0 saturated heterocycles. The highest BCUT2D eigenvalue weighted by Gasteiger charge is 2.44. The van der Waals surface area contributed by atoms with Gasteiger partial charge in [0.25, 0.3) is 5.91 Å². The number of carbonyl (C=O) groups excluding carboxylic acids is 2. The molecule has 0 saturated carbocycles. The third-order valence-corrected chi connectivity index (χ3v) is 5.23. The van der Waals surface area contributed by atoms with E-state index in [-0.39, 0.29) is 23.3 Å².